The molecule has 1 aliphatic heterocycles. The first-order valence-electron chi connectivity index (χ1n) is 11.1. The van der Waals surface area contributed by atoms with E-state index < -0.39 is 12.1 Å². The van der Waals surface area contributed by atoms with Gasteiger partial charge < -0.3 is 21.3 Å². The monoisotopic (exact) mass is 525 g/mol. The van der Waals surface area contributed by atoms with Gasteiger partial charge >= 0.3 is 12.1 Å². The van der Waals surface area contributed by atoms with E-state index in [1.54, 1.807) is 48.5 Å². The summed E-state index contributed by atoms with van der Waals surface area (Å²) in [6.45, 7) is 1.84. The molecule has 196 valence electrons. The molecule has 0 aliphatic carbocycles. The Morgan fingerprint density at radius 2 is 1.74 bits per heavy atom. The summed E-state index contributed by atoms with van der Waals surface area (Å²) in [5.41, 5.74) is 9.20. The number of aromatic hydroxyl groups is 1. The second-order valence-corrected chi connectivity index (χ2v) is 8.04. The molecule has 38 heavy (non-hydrogen) atoms. The number of pyridine rings is 1. The maximum atomic E-state index is 12.4. The van der Waals surface area contributed by atoms with Crippen molar-refractivity contribution in [3.8, 4) is 34.2 Å². The van der Waals surface area contributed by atoms with Crippen LogP contribution in [-0.2, 0) is 9.59 Å². The number of aliphatic carboxylic acids is 1. The standard InChI is InChI=1S/C24H21N5O2.C2HF3O2/c25-14-20-19(13-21(28-24(20)26)18-8-1-2-9-22(18)30)16-6-5-7-17(12-16)27-23(31)15-29-10-3-4-11-29;3-2(4,5)1(6)7/h1-9,12-13,30H,10-11,15H2,(H2,26,28)(H,27,31);(H,6,7). The highest BCUT2D eigenvalue weighted by atomic mass is 19.4. The van der Waals surface area contributed by atoms with Crippen molar-refractivity contribution in [1.29, 1.82) is 5.26 Å². The summed E-state index contributed by atoms with van der Waals surface area (Å²) >= 11 is 0. The van der Waals surface area contributed by atoms with Crippen molar-refractivity contribution < 1.29 is 33.0 Å². The zero-order chi connectivity index (χ0) is 27.9. The van der Waals surface area contributed by atoms with Crippen molar-refractivity contribution >= 4 is 23.4 Å². The summed E-state index contributed by atoms with van der Waals surface area (Å²) < 4.78 is 31.7. The van der Waals surface area contributed by atoms with E-state index >= 15 is 0 Å². The number of nitrogens with two attached hydrogens (primary N) is 1. The van der Waals surface area contributed by atoms with E-state index in [0.29, 0.717) is 34.6 Å². The number of rotatable bonds is 5. The number of nitrogen functional groups attached to an aromatic ring is 1. The average molecular weight is 525 g/mol. The molecule has 9 nitrogen and oxygen atoms in total. The fourth-order valence-electron chi connectivity index (χ4n) is 3.56. The topological polar surface area (TPSA) is 153 Å². The Labute approximate surface area is 215 Å². The molecule has 1 aromatic heterocycles. The Kier molecular flexibility index (Phi) is 8.67. The van der Waals surface area contributed by atoms with Crippen LogP contribution in [-0.4, -0.2) is 57.8 Å². The summed E-state index contributed by atoms with van der Waals surface area (Å²) in [7, 11) is 0. The number of anilines is 2. The van der Waals surface area contributed by atoms with Gasteiger partial charge in [0.05, 0.1) is 12.2 Å². The van der Waals surface area contributed by atoms with Crippen molar-refractivity contribution in [2.75, 3.05) is 30.7 Å². The van der Waals surface area contributed by atoms with Crippen LogP contribution in [0, 0.1) is 11.3 Å². The number of carbonyl (C=O) groups is 2. The highest BCUT2D eigenvalue weighted by Gasteiger charge is 2.38. The smallest absolute Gasteiger partial charge is 0.490 e. The fourth-order valence-corrected chi connectivity index (χ4v) is 3.56. The van der Waals surface area contributed by atoms with Crippen molar-refractivity contribution in [2.45, 2.75) is 6.18 Å². The summed E-state index contributed by atoms with van der Waals surface area (Å²) in [6, 6.07) is 17.9. The number of nitrogens with one attached hydrogen (secondary N) is 1. The zero-order valence-corrected chi connectivity index (χ0v) is 19.7. The van der Waals surface area contributed by atoms with Gasteiger partial charge in [-0.1, -0.05) is 36.4 Å². The van der Waals surface area contributed by atoms with Crippen molar-refractivity contribution in [3.63, 3.8) is 0 Å². The molecule has 12 heteroatoms. The number of hydrogen-bond acceptors (Lipinski definition) is 7. The van der Waals surface area contributed by atoms with Crippen LogP contribution in [0.1, 0.15) is 5.56 Å². The number of halogens is 3. The molecule has 4 rings (SSSR count). The molecule has 0 saturated carbocycles. The Balaban J connectivity index is 0.000000505. The molecule has 2 heterocycles. The van der Waals surface area contributed by atoms with E-state index in [1.807, 2.05) is 23.1 Å². The molecule has 0 unspecified atom stereocenters. The van der Waals surface area contributed by atoms with Gasteiger partial charge in [-0.25, -0.2) is 9.78 Å². The molecule has 0 radical (unpaired) electrons. The third-order valence-corrected chi connectivity index (χ3v) is 5.30. The first-order valence-corrected chi connectivity index (χ1v) is 11.1. The fraction of sp³-hybridized carbons (Fsp3) is 0.154. The van der Waals surface area contributed by atoms with E-state index in [2.05, 4.69) is 16.4 Å². The summed E-state index contributed by atoms with van der Waals surface area (Å²) in [5.74, 6) is -2.71. The minimum Gasteiger partial charge on any atom is -0.507 e. The SMILES string of the molecule is N#Cc1c(-c2cccc(NC(=O)CN3CC=CC3)c2)cc(-c2ccccc2O)nc1N.O=C(O)C(F)(F)F. The van der Waals surface area contributed by atoms with Gasteiger partial charge in [0.25, 0.3) is 0 Å². The van der Waals surface area contributed by atoms with Crippen LogP contribution >= 0.6 is 0 Å². The van der Waals surface area contributed by atoms with Gasteiger partial charge in [-0.05, 0) is 35.9 Å². The Morgan fingerprint density at radius 1 is 1.08 bits per heavy atom. The van der Waals surface area contributed by atoms with E-state index in [4.69, 9.17) is 15.6 Å². The minimum atomic E-state index is -5.08. The molecule has 1 aliphatic rings. The van der Waals surface area contributed by atoms with Gasteiger partial charge in [0.1, 0.15) is 23.2 Å². The number of phenolic OH excluding ortho intramolecular Hbond substituents is 1. The molecule has 0 atom stereocenters. The summed E-state index contributed by atoms with van der Waals surface area (Å²) in [6.07, 6.45) is -1.01. The van der Waals surface area contributed by atoms with Gasteiger partial charge in [-0.15, -0.1) is 0 Å². The zero-order valence-electron chi connectivity index (χ0n) is 19.7. The van der Waals surface area contributed by atoms with Gasteiger partial charge in [-0.2, -0.15) is 18.4 Å². The number of nitrogens with zero attached hydrogens (tertiary/aromatic N) is 3. The lowest BCUT2D eigenvalue weighted by Crippen LogP contribution is -2.31. The number of aromatic nitrogens is 1. The number of hydrogen-bond donors (Lipinski definition) is 4. The number of amides is 1. The lowest BCUT2D eigenvalue weighted by Gasteiger charge is -2.15. The molecular weight excluding hydrogens is 503 g/mol. The molecule has 1 amide bonds. The number of para-hydroxylation sites is 1. The van der Waals surface area contributed by atoms with Gasteiger partial charge in [0, 0.05) is 29.9 Å². The van der Waals surface area contributed by atoms with E-state index in [1.165, 1.54) is 0 Å². The number of carboxylic acids is 1. The highest BCUT2D eigenvalue weighted by molar-refractivity contribution is 5.93. The summed E-state index contributed by atoms with van der Waals surface area (Å²) in [4.78, 5) is 27.6. The number of carboxylic acid groups (broad SMARTS) is 1. The van der Waals surface area contributed by atoms with Crippen molar-refractivity contribution in [1.82, 2.24) is 9.88 Å². The van der Waals surface area contributed by atoms with Crippen LogP contribution in [0.4, 0.5) is 24.7 Å². The predicted octanol–water partition coefficient (Wildman–Crippen LogP) is 4.02. The van der Waals surface area contributed by atoms with Gasteiger partial charge in [0.15, 0.2) is 0 Å². The van der Waals surface area contributed by atoms with E-state index in [-0.39, 0.29) is 23.0 Å². The molecule has 0 spiro atoms. The van der Waals surface area contributed by atoms with Crippen LogP contribution in [0.3, 0.4) is 0 Å². The molecule has 0 fully saturated rings. The summed E-state index contributed by atoms with van der Waals surface area (Å²) in [5, 5.41) is 29.9. The maximum absolute atomic E-state index is 12.4. The lowest BCUT2D eigenvalue weighted by atomic mass is 9.98. The largest absolute Gasteiger partial charge is 0.507 e. The Morgan fingerprint density at radius 3 is 2.34 bits per heavy atom. The van der Waals surface area contributed by atoms with Crippen molar-refractivity contribution in [3.05, 3.63) is 72.3 Å². The Bertz CT molecular complexity index is 1410. The van der Waals surface area contributed by atoms with E-state index in [0.717, 1.165) is 13.1 Å². The van der Waals surface area contributed by atoms with Crippen LogP contribution in [0.5, 0.6) is 5.75 Å². The first-order chi connectivity index (χ1) is 18.0. The van der Waals surface area contributed by atoms with Crippen LogP contribution in [0.25, 0.3) is 22.4 Å². The molecule has 0 bridgehead atoms. The van der Waals surface area contributed by atoms with Crippen LogP contribution in [0.2, 0.25) is 0 Å². The molecule has 0 saturated heterocycles. The number of carbonyl (C=O) groups excluding carboxylic acids is 1. The number of alkyl halides is 3. The van der Waals surface area contributed by atoms with E-state index in [9.17, 15) is 28.3 Å². The molecule has 3 aromatic rings. The first kappa shape index (κ1) is 27.7. The average Bonchev–Trinajstić information content (AvgIpc) is 3.36. The van der Waals surface area contributed by atoms with Crippen LogP contribution in [0.15, 0.2) is 66.7 Å². The van der Waals surface area contributed by atoms with Crippen LogP contribution < -0.4 is 11.1 Å². The van der Waals surface area contributed by atoms with Crippen molar-refractivity contribution in [2.24, 2.45) is 0 Å². The lowest BCUT2D eigenvalue weighted by molar-refractivity contribution is -0.192. The quantitative estimate of drug-likeness (QED) is 0.365. The third-order valence-electron chi connectivity index (χ3n) is 5.30. The maximum Gasteiger partial charge on any atom is 0.490 e. The normalized spacial score (nSPS) is 12.8. The third kappa shape index (κ3) is 7.08. The van der Waals surface area contributed by atoms with Gasteiger partial charge in [0.2, 0.25) is 5.91 Å². The second-order valence-electron chi connectivity index (χ2n) is 8.04. The second kappa shape index (κ2) is 11.9. The minimum absolute atomic E-state index is 0.0717. The molecular formula is C26H22F3N5O4. The number of phenols is 1. The highest BCUT2D eigenvalue weighted by Crippen LogP contribution is 2.35. The molecule has 2 aromatic carbocycles. The number of nitriles is 1. The predicted molar refractivity (Wildman–Crippen MR) is 134 cm³/mol. The van der Waals surface area contributed by atoms with Gasteiger partial charge in [-0.3, -0.25) is 9.69 Å². The Hall–Kier alpha value is -4.89. The molecule has 5 N–H and O–H groups in total. The number of benzene rings is 2.